The summed E-state index contributed by atoms with van der Waals surface area (Å²) in [6.07, 6.45) is 3.28. The third-order valence-corrected chi connectivity index (χ3v) is 4.54. The Morgan fingerprint density at radius 1 is 1.07 bits per heavy atom. The van der Waals surface area contributed by atoms with Gasteiger partial charge in [0, 0.05) is 42.2 Å². The number of anilines is 2. The molecule has 0 atom stereocenters. The molecule has 0 radical (unpaired) electrons. The molecule has 27 heavy (non-hydrogen) atoms. The second kappa shape index (κ2) is 7.86. The Balaban J connectivity index is 1.83. The predicted molar refractivity (Wildman–Crippen MR) is 102 cm³/mol. The summed E-state index contributed by atoms with van der Waals surface area (Å²) in [5, 5.41) is 13.5. The van der Waals surface area contributed by atoms with Gasteiger partial charge in [-0.15, -0.1) is 0 Å². The van der Waals surface area contributed by atoms with Crippen LogP contribution in [0.25, 0.3) is 0 Å². The second-order valence-electron chi connectivity index (χ2n) is 6.41. The molecular formula is C19H20N4O4. The summed E-state index contributed by atoms with van der Waals surface area (Å²) < 4.78 is 0. The number of carbonyl (C=O) groups excluding carboxylic acids is 2. The number of nitro groups is 1. The number of non-ortho nitro benzene ring substituents is 1. The van der Waals surface area contributed by atoms with Crippen LogP contribution in [0.15, 0.2) is 42.5 Å². The van der Waals surface area contributed by atoms with Crippen LogP contribution in [0.2, 0.25) is 0 Å². The molecule has 8 heteroatoms. The van der Waals surface area contributed by atoms with E-state index in [4.69, 9.17) is 5.73 Å². The van der Waals surface area contributed by atoms with Crippen LogP contribution in [-0.4, -0.2) is 29.8 Å². The highest BCUT2D eigenvalue weighted by molar-refractivity contribution is 6.06. The van der Waals surface area contributed by atoms with Crippen LogP contribution >= 0.6 is 0 Å². The van der Waals surface area contributed by atoms with Crippen molar-refractivity contribution in [2.75, 3.05) is 23.3 Å². The average molecular weight is 368 g/mol. The van der Waals surface area contributed by atoms with Crippen molar-refractivity contribution in [2.24, 2.45) is 5.73 Å². The van der Waals surface area contributed by atoms with E-state index >= 15 is 0 Å². The number of nitrogens with one attached hydrogen (secondary N) is 1. The van der Waals surface area contributed by atoms with E-state index in [1.807, 2.05) is 0 Å². The minimum atomic E-state index is -0.568. The number of hydrogen-bond acceptors (Lipinski definition) is 5. The van der Waals surface area contributed by atoms with Crippen LogP contribution < -0.4 is 16.0 Å². The highest BCUT2D eigenvalue weighted by Gasteiger charge is 2.19. The van der Waals surface area contributed by atoms with Gasteiger partial charge in [-0.05, 0) is 43.5 Å². The van der Waals surface area contributed by atoms with Gasteiger partial charge in [0.05, 0.1) is 10.5 Å². The molecule has 0 saturated carbocycles. The molecular weight excluding hydrogens is 348 g/mol. The molecule has 140 valence electrons. The maximum atomic E-state index is 12.4. The first-order valence-corrected chi connectivity index (χ1v) is 8.70. The maximum absolute atomic E-state index is 12.4. The summed E-state index contributed by atoms with van der Waals surface area (Å²) in [5.74, 6) is -1.07. The van der Waals surface area contributed by atoms with E-state index in [1.165, 1.54) is 30.7 Å². The average Bonchev–Trinajstić information content (AvgIpc) is 2.68. The number of piperidine rings is 1. The van der Waals surface area contributed by atoms with Crippen molar-refractivity contribution in [3.63, 3.8) is 0 Å². The monoisotopic (exact) mass is 368 g/mol. The lowest BCUT2D eigenvalue weighted by molar-refractivity contribution is -0.384. The van der Waals surface area contributed by atoms with Crippen molar-refractivity contribution in [3.05, 3.63) is 63.7 Å². The second-order valence-corrected chi connectivity index (χ2v) is 6.41. The minimum absolute atomic E-state index is 0.157. The third kappa shape index (κ3) is 4.22. The molecule has 0 aliphatic carbocycles. The van der Waals surface area contributed by atoms with Gasteiger partial charge in [0.25, 0.3) is 17.5 Å². The summed E-state index contributed by atoms with van der Waals surface area (Å²) in [6.45, 7) is 1.72. The fourth-order valence-corrected chi connectivity index (χ4v) is 3.19. The Morgan fingerprint density at radius 3 is 2.48 bits per heavy atom. The van der Waals surface area contributed by atoms with Crippen molar-refractivity contribution in [1.82, 2.24) is 0 Å². The number of primary amides is 1. The molecule has 1 fully saturated rings. The Bertz CT molecular complexity index is 891. The van der Waals surface area contributed by atoms with Gasteiger partial charge in [-0.1, -0.05) is 6.07 Å². The number of hydrogen-bond donors (Lipinski definition) is 2. The largest absolute Gasteiger partial charge is 0.371 e. The summed E-state index contributed by atoms with van der Waals surface area (Å²) in [7, 11) is 0. The van der Waals surface area contributed by atoms with Gasteiger partial charge in [-0.25, -0.2) is 0 Å². The molecule has 8 nitrogen and oxygen atoms in total. The Labute approximate surface area is 156 Å². The van der Waals surface area contributed by atoms with Crippen molar-refractivity contribution in [2.45, 2.75) is 19.3 Å². The van der Waals surface area contributed by atoms with E-state index in [2.05, 4.69) is 10.2 Å². The lowest BCUT2D eigenvalue weighted by Gasteiger charge is -2.30. The van der Waals surface area contributed by atoms with E-state index in [0.29, 0.717) is 11.3 Å². The fraction of sp³-hybridized carbons (Fsp3) is 0.263. The van der Waals surface area contributed by atoms with E-state index < -0.39 is 16.7 Å². The van der Waals surface area contributed by atoms with Crippen LogP contribution in [0, 0.1) is 10.1 Å². The smallest absolute Gasteiger partial charge is 0.270 e. The molecule has 1 aliphatic rings. The zero-order valence-electron chi connectivity index (χ0n) is 14.7. The molecule has 1 heterocycles. The maximum Gasteiger partial charge on any atom is 0.270 e. The topological polar surface area (TPSA) is 119 Å². The molecule has 0 bridgehead atoms. The molecule has 1 aliphatic heterocycles. The standard InChI is InChI=1S/C19H20N4O4/c20-18(24)16-12-14(7-8-17(16)22-9-2-1-3-10-22)21-19(25)13-5-4-6-15(11-13)23(26)27/h4-8,11-12H,1-3,9-10H2,(H2,20,24)(H,21,25). The van der Waals surface area contributed by atoms with Crippen LogP contribution in [0.5, 0.6) is 0 Å². The van der Waals surface area contributed by atoms with Gasteiger partial charge in [-0.3, -0.25) is 19.7 Å². The SMILES string of the molecule is NC(=O)c1cc(NC(=O)c2cccc([N+](=O)[O-])c2)ccc1N1CCCCC1. The van der Waals surface area contributed by atoms with E-state index in [-0.39, 0.29) is 11.3 Å². The highest BCUT2D eigenvalue weighted by Crippen LogP contribution is 2.27. The van der Waals surface area contributed by atoms with Crippen molar-refractivity contribution in [3.8, 4) is 0 Å². The van der Waals surface area contributed by atoms with Gasteiger partial charge in [0.15, 0.2) is 0 Å². The zero-order chi connectivity index (χ0) is 19.4. The fourth-order valence-electron chi connectivity index (χ4n) is 3.19. The zero-order valence-corrected chi connectivity index (χ0v) is 14.7. The molecule has 2 amide bonds. The first kappa shape index (κ1) is 18.4. The number of nitrogens with zero attached hydrogens (tertiary/aromatic N) is 2. The number of rotatable bonds is 5. The van der Waals surface area contributed by atoms with Gasteiger partial charge < -0.3 is 16.0 Å². The normalized spacial score (nSPS) is 13.9. The van der Waals surface area contributed by atoms with Crippen LogP contribution in [0.1, 0.15) is 40.0 Å². The lowest BCUT2D eigenvalue weighted by atomic mass is 10.1. The Kier molecular flexibility index (Phi) is 5.35. The number of nitrogens with two attached hydrogens (primary N) is 1. The van der Waals surface area contributed by atoms with Crippen molar-refractivity contribution >= 4 is 28.9 Å². The van der Waals surface area contributed by atoms with Gasteiger partial charge >= 0.3 is 0 Å². The molecule has 3 N–H and O–H groups in total. The van der Waals surface area contributed by atoms with E-state index in [0.717, 1.165) is 31.6 Å². The Hall–Kier alpha value is -3.42. The molecule has 0 spiro atoms. The summed E-state index contributed by atoms with van der Waals surface area (Å²) in [5.41, 5.74) is 7.03. The predicted octanol–water partition coefficient (Wildman–Crippen LogP) is 2.94. The first-order chi connectivity index (χ1) is 13.0. The molecule has 1 saturated heterocycles. The Morgan fingerprint density at radius 2 is 1.81 bits per heavy atom. The molecule has 2 aromatic rings. The van der Waals surface area contributed by atoms with Gasteiger partial charge in [-0.2, -0.15) is 0 Å². The highest BCUT2D eigenvalue weighted by atomic mass is 16.6. The van der Waals surface area contributed by atoms with Crippen LogP contribution in [0.4, 0.5) is 17.1 Å². The van der Waals surface area contributed by atoms with Crippen molar-refractivity contribution in [1.29, 1.82) is 0 Å². The lowest BCUT2D eigenvalue weighted by Crippen LogP contribution is -2.31. The summed E-state index contributed by atoms with van der Waals surface area (Å²) in [4.78, 5) is 36.7. The summed E-state index contributed by atoms with van der Waals surface area (Å²) in [6, 6.07) is 10.5. The van der Waals surface area contributed by atoms with Gasteiger partial charge in [0.1, 0.15) is 0 Å². The molecule has 3 rings (SSSR count). The quantitative estimate of drug-likeness (QED) is 0.621. The number of carbonyl (C=O) groups is 2. The van der Waals surface area contributed by atoms with Crippen LogP contribution in [0.3, 0.4) is 0 Å². The van der Waals surface area contributed by atoms with Gasteiger partial charge in [0.2, 0.25) is 0 Å². The number of amides is 2. The van der Waals surface area contributed by atoms with E-state index in [1.54, 1.807) is 18.2 Å². The summed E-state index contributed by atoms with van der Waals surface area (Å²) >= 11 is 0. The van der Waals surface area contributed by atoms with Crippen molar-refractivity contribution < 1.29 is 14.5 Å². The molecule has 0 unspecified atom stereocenters. The molecule has 2 aromatic carbocycles. The number of benzene rings is 2. The minimum Gasteiger partial charge on any atom is -0.371 e. The third-order valence-electron chi connectivity index (χ3n) is 4.54. The number of nitro benzene ring substituents is 1. The van der Waals surface area contributed by atoms with E-state index in [9.17, 15) is 19.7 Å². The molecule has 0 aromatic heterocycles. The first-order valence-electron chi connectivity index (χ1n) is 8.70. The van der Waals surface area contributed by atoms with Crippen LogP contribution in [-0.2, 0) is 0 Å².